The number of aryl methyl sites for hydroxylation is 1. The Labute approximate surface area is 115 Å². The minimum absolute atomic E-state index is 0.685. The summed E-state index contributed by atoms with van der Waals surface area (Å²) in [4.78, 5) is 8.50. The highest BCUT2D eigenvalue weighted by Crippen LogP contribution is 2.25. The van der Waals surface area contributed by atoms with Gasteiger partial charge in [0.15, 0.2) is 5.58 Å². The summed E-state index contributed by atoms with van der Waals surface area (Å²) in [5.41, 5.74) is 9.20. The number of rotatable bonds is 4. The van der Waals surface area contributed by atoms with E-state index in [1.165, 1.54) is 5.56 Å². The monoisotopic (exact) mass is 271 g/mol. The molecule has 0 unspecified atom stereocenters. The van der Waals surface area contributed by atoms with Crippen LogP contribution in [0.4, 0.5) is 5.69 Å². The van der Waals surface area contributed by atoms with Gasteiger partial charge in [-0.05, 0) is 30.2 Å². The summed E-state index contributed by atoms with van der Waals surface area (Å²) >= 11 is 1.60. The lowest BCUT2D eigenvalue weighted by Crippen LogP contribution is -1.88. The maximum Gasteiger partial charge on any atom is 0.256 e. The minimum Gasteiger partial charge on any atom is -0.431 e. The molecular weight excluding hydrogens is 258 g/mol. The molecule has 1 aromatic carbocycles. The summed E-state index contributed by atoms with van der Waals surface area (Å²) in [6.07, 6.45) is 4.61. The first kappa shape index (κ1) is 12.0. The van der Waals surface area contributed by atoms with Crippen LogP contribution in [0, 0.1) is 0 Å². The van der Waals surface area contributed by atoms with Crippen LogP contribution in [0.2, 0.25) is 0 Å². The van der Waals surface area contributed by atoms with Crippen molar-refractivity contribution in [3.63, 3.8) is 0 Å². The Morgan fingerprint density at radius 3 is 3.05 bits per heavy atom. The lowest BCUT2D eigenvalue weighted by molar-refractivity contribution is 0.489. The Kier molecular flexibility index (Phi) is 3.37. The number of thioether (sulfide) groups is 1. The lowest BCUT2D eigenvalue weighted by atomic mass is 10.2. The van der Waals surface area contributed by atoms with E-state index in [2.05, 4.69) is 16.0 Å². The highest BCUT2D eigenvalue weighted by Gasteiger charge is 2.06. The topological polar surface area (TPSA) is 64.9 Å². The average molecular weight is 271 g/mol. The molecule has 4 nitrogen and oxygen atoms in total. The summed E-state index contributed by atoms with van der Waals surface area (Å²) in [6, 6.07) is 9.52. The molecule has 2 heterocycles. The van der Waals surface area contributed by atoms with E-state index in [0.29, 0.717) is 10.9 Å². The third-order valence-electron chi connectivity index (χ3n) is 2.73. The first-order chi connectivity index (χ1) is 9.31. The molecule has 0 fully saturated rings. The Morgan fingerprint density at radius 2 is 2.21 bits per heavy atom. The van der Waals surface area contributed by atoms with Crippen LogP contribution in [-0.4, -0.2) is 15.7 Å². The smallest absolute Gasteiger partial charge is 0.256 e. The summed E-state index contributed by atoms with van der Waals surface area (Å²) in [5.74, 6) is 0.911. The maximum absolute atomic E-state index is 5.71. The molecule has 0 bridgehead atoms. The molecule has 0 aliphatic rings. The summed E-state index contributed by atoms with van der Waals surface area (Å²) in [7, 11) is 0. The van der Waals surface area contributed by atoms with Crippen molar-refractivity contribution in [3.05, 3.63) is 48.3 Å². The van der Waals surface area contributed by atoms with Crippen molar-refractivity contribution in [3.8, 4) is 0 Å². The molecule has 0 spiro atoms. The second-order valence-corrected chi connectivity index (χ2v) is 5.21. The molecule has 0 saturated carbocycles. The van der Waals surface area contributed by atoms with E-state index < -0.39 is 0 Å². The van der Waals surface area contributed by atoms with Gasteiger partial charge in [-0.25, -0.2) is 4.98 Å². The van der Waals surface area contributed by atoms with Crippen LogP contribution in [0.25, 0.3) is 11.1 Å². The zero-order chi connectivity index (χ0) is 13.1. The van der Waals surface area contributed by atoms with Gasteiger partial charge in [-0.15, -0.1) is 0 Å². The molecule has 0 saturated heterocycles. The van der Waals surface area contributed by atoms with Crippen LogP contribution in [-0.2, 0) is 6.42 Å². The lowest BCUT2D eigenvalue weighted by Gasteiger charge is -1.97. The first-order valence-corrected chi connectivity index (χ1v) is 6.97. The van der Waals surface area contributed by atoms with Gasteiger partial charge in [0.1, 0.15) is 5.52 Å². The molecule has 2 N–H and O–H groups in total. The Bertz CT molecular complexity index is 681. The summed E-state index contributed by atoms with van der Waals surface area (Å²) in [5, 5.41) is 0.685. The van der Waals surface area contributed by atoms with Gasteiger partial charge in [-0.1, -0.05) is 17.8 Å². The Hall–Kier alpha value is -2.01. The number of hydrogen-bond donors (Lipinski definition) is 1. The van der Waals surface area contributed by atoms with E-state index >= 15 is 0 Å². The van der Waals surface area contributed by atoms with Crippen molar-refractivity contribution in [2.45, 2.75) is 11.6 Å². The van der Waals surface area contributed by atoms with Crippen LogP contribution in [0.5, 0.6) is 0 Å². The molecule has 96 valence electrons. The number of benzene rings is 1. The van der Waals surface area contributed by atoms with E-state index in [1.807, 2.05) is 24.4 Å². The van der Waals surface area contributed by atoms with Gasteiger partial charge in [0.25, 0.3) is 5.22 Å². The van der Waals surface area contributed by atoms with Crippen LogP contribution in [0.1, 0.15) is 5.56 Å². The minimum atomic E-state index is 0.685. The molecule has 3 aromatic rings. The number of fused-ring (bicyclic) bond motifs is 1. The highest BCUT2D eigenvalue weighted by molar-refractivity contribution is 7.99. The Morgan fingerprint density at radius 1 is 1.26 bits per heavy atom. The number of pyridine rings is 1. The van der Waals surface area contributed by atoms with Crippen LogP contribution in [0.3, 0.4) is 0 Å². The van der Waals surface area contributed by atoms with E-state index in [4.69, 9.17) is 10.2 Å². The van der Waals surface area contributed by atoms with Gasteiger partial charge in [-0.3, -0.25) is 4.98 Å². The molecule has 3 rings (SSSR count). The average Bonchev–Trinajstić information content (AvgIpc) is 2.82. The molecule has 0 amide bonds. The molecule has 0 radical (unpaired) electrons. The van der Waals surface area contributed by atoms with Crippen molar-refractivity contribution >= 4 is 28.5 Å². The molecule has 0 aliphatic carbocycles. The predicted molar refractivity (Wildman–Crippen MR) is 77.1 cm³/mol. The zero-order valence-electron chi connectivity index (χ0n) is 10.2. The SMILES string of the molecule is Nc1ccc2nc(SCCc3cccnc3)oc2c1. The highest BCUT2D eigenvalue weighted by atomic mass is 32.2. The number of nitrogens with two attached hydrogens (primary N) is 1. The van der Waals surface area contributed by atoms with Gasteiger partial charge < -0.3 is 10.2 Å². The molecule has 5 heteroatoms. The number of nitrogen functional groups attached to an aromatic ring is 1. The van der Waals surface area contributed by atoms with Gasteiger partial charge in [0.2, 0.25) is 0 Å². The number of hydrogen-bond acceptors (Lipinski definition) is 5. The second kappa shape index (κ2) is 5.32. The van der Waals surface area contributed by atoms with Crippen molar-refractivity contribution in [1.82, 2.24) is 9.97 Å². The van der Waals surface area contributed by atoms with E-state index in [0.717, 1.165) is 23.3 Å². The van der Waals surface area contributed by atoms with Crippen LogP contribution < -0.4 is 5.73 Å². The third-order valence-corrected chi connectivity index (χ3v) is 3.56. The molecule has 0 atom stereocenters. The number of anilines is 1. The number of aromatic nitrogens is 2. The third kappa shape index (κ3) is 2.88. The molecule has 19 heavy (non-hydrogen) atoms. The van der Waals surface area contributed by atoms with Crippen LogP contribution >= 0.6 is 11.8 Å². The second-order valence-electron chi connectivity index (χ2n) is 4.17. The molecule has 0 aliphatic heterocycles. The normalized spacial score (nSPS) is 10.9. The quantitative estimate of drug-likeness (QED) is 0.583. The molecular formula is C14H13N3OS. The van der Waals surface area contributed by atoms with E-state index in [1.54, 1.807) is 24.0 Å². The fourth-order valence-corrected chi connectivity index (χ4v) is 2.61. The largest absolute Gasteiger partial charge is 0.431 e. The van der Waals surface area contributed by atoms with E-state index in [-0.39, 0.29) is 0 Å². The molecule has 2 aromatic heterocycles. The van der Waals surface area contributed by atoms with Crippen molar-refractivity contribution in [2.24, 2.45) is 0 Å². The predicted octanol–water partition coefficient (Wildman–Crippen LogP) is 3.14. The number of nitrogens with zero attached hydrogens (tertiary/aromatic N) is 2. The fourth-order valence-electron chi connectivity index (χ4n) is 1.78. The van der Waals surface area contributed by atoms with Gasteiger partial charge in [-0.2, -0.15) is 0 Å². The summed E-state index contributed by atoms with van der Waals surface area (Å²) in [6.45, 7) is 0. The van der Waals surface area contributed by atoms with Crippen LogP contribution in [0.15, 0.2) is 52.4 Å². The van der Waals surface area contributed by atoms with Gasteiger partial charge in [0, 0.05) is 29.9 Å². The summed E-state index contributed by atoms with van der Waals surface area (Å²) < 4.78 is 5.64. The zero-order valence-corrected chi connectivity index (χ0v) is 11.1. The maximum atomic E-state index is 5.71. The van der Waals surface area contributed by atoms with Gasteiger partial charge >= 0.3 is 0 Å². The van der Waals surface area contributed by atoms with Crippen molar-refractivity contribution in [1.29, 1.82) is 0 Å². The fraction of sp³-hybridized carbons (Fsp3) is 0.143. The first-order valence-electron chi connectivity index (χ1n) is 5.99. The van der Waals surface area contributed by atoms with E-state index in [9.17, 15) is 0 Å². The van der Waals surface area contributed by atoms with Gasteiger partial charge in [0.05, 0.1) is 0 Å². The van der Waals surface area contributed by atoms with Crippen molar-refractivity contribution < 1.29 is 4.42 Å². The Balaban J connectivity index is 1.65. The number of oxazole rings is 1. The van der Waals surface area contributed by atoms with Crippen molar-refractivity contribution in [2.75, 3.05) is 11.5 Å². The standard InChI is InChI=1S/C14H13N3OS/c15-11-3-4-12-13(8-11)18-14(17-12)19-7-5-10-2-1-6-16-9-10/h1-4,6,8-9H,5,7,15H2.